The van der Waals surface area contributed by atoms with Crippen molar-refractivity contribution in [2.45, 2.75) is 225 Å². The van der Waals surface area contributed by atoms with Crippen LogP contribution in [0.2, 0.25) is 0 Å². The molecule has 10 aliphatic rings. The fourth-order valence-electron chi connectivity index (χ4n) is 22.7. The number of hydrogen-bond donors (Lipinski definition) is 5. The lowest BCUT2D eigenvalue weighted by atomic mass is 9.33. The highest BCUT2D eigenvalue weighted by Crippen LogP contribution is 2.78. The van der Waals surface area contributed by atoms with Gasteiger partial charge in [0.15, 0.2) is 0 Å². The first-order chi connectivity index (χ1) is 33.2. The molecule has 10 aliphatic carbocycles. The third kappa shape index (κ3) is 7.05. The Balaban J connectivity index is 0.782. The van der Waals surface area contributed by atoms with Crippen molar-refractivity contribution in [2.24, 2.45) is 113 Å². The smallest absolute Gasteiger partial charge is 0.226 e. The summed E-state index contributed by atoms with van der Waals surface area (Å²) in [5, 5.41) is 33.1. The summed E-state index contributed by atoms with van der Waals surface area (Å²) in [5.41, 5.74) is 3.37. The first-order valence-corrected chi connectivity index (χ1v) is 30.2. The van der Waals surface area contributed by atoms with Crippen LogP contribution in [0.1, 0.15) is 213 Å². The molecule has 0 heterocycles. The van der Waals surface area contributed by atoms with Crippen LogP contribution in [0.15, 0.2) is 23.3 Å². The fourth-order valence-corrected chi connectivity index (χ4v) is 22.7. The molecule has 8 fully saturated rings. The quantitative estimate of drug-likeness (QED) is 0.123. The zero-order chi connectivity index (χ0) is 51.3. The van der Waals surface area contributed by atoms with Crippen molar-refractivity contribution in [1.29, 1.82) is 0 Å². The number of amides is 2. The lowest BCUT2D eigenvalue weighted by molar-refractivity contribution is -0.204. The van der Waals surface area contributed by atoms with E-state index in [4.69, 9.17) is 0 Å². The summed E-state index contributed by atoms with van der Waals surface area (Å²) in [6.07, 6.45) is 24.4. The molecule has 400 valence electrons. The van der Waals surface area contributed by atoms with E-state index >= 15 is 0 Å². The summed E-state index contributed by atoms with van der Waals surface area (Å²) < 4.78 is 0. The second-order valence-electron chi connectivity index (χ2n) is 30.6. The van der Waals surface area contributed by atoms with Gasteiger partial charge in [0.05, 0.1) is 23.0 Å². The van der Waals surface area contributed by atoms with Gasteiger partial charge in [0.1, 0.15) is 0 Å². The summed E-state index contributed by atoms with van der Waals surface area (Å²) in [7, 11) is 0. The maximum atomic E-state index is 14.9. The molecule has 0 unspecified atom stereocenters. The van der Waals surface area contributed by atoms with Crippen LogP contribution < -0.4 is 16.0 Å². The highest BCUT2D eigenvalue weighted by atomic mass is 16.3. The second kappa shape index (κ2) is 17.4. The van der Waals surface area contributed by atoms with Crippen molar-refractivity contribution >= 4 is 11.8 Å². The Hall–Kier alpha value is -1.70. The minimum Gasteiger partial charge on any atom is -0.393 e. The van der Waals surface area contributed by atoms with E-state index in [2.05, 4.69) is 125 Å². The number of carbonyl (C=O) groups excluding carboxylic acids is 2. The number of hydrogen-bond acceptors (Lipinski definition) is 5. The van der Waals surface area contributed by atoms with Crippen LogP contribution in [-0.4, -0.2) is 60.4 Å². The minimum atomic E-state index is -0.354. The van der Waals surface area contributed by atoms with Gasteiger partial charge in [-0.2, -0.15) is 0 Å². The van der Waals surface area contributed by atoms with Crippen molar-refractivity contribution in [3.63, 3.8) is 0 Å². The Morgan fingerprint density at radius 1 is 0.479 bits per heavy atom. The lowest BCUT2D eigenvalue weighted by Gasteiger charge is -2.71. The Morgan fingerprint density at radius 3 is 1.24 bits per heavy atom. The average molecular weight is 981 g/mol. The van der Waals surface area contributed by atoms with Gasteiger partial charge in [-0.05, 0) is 218 Å². The van der Waals surface area contributed by atoms with Gasteiger partial charge in [0.25, 0.3) is 0 Å². The summed E-state index contributed by atoms with van der Waals surface area (Å²) in [6.45, 7) is 37.5. The first-order valence-electron chi connectivity index (χ1n) is 30.2. The van der Waals surface area contributed by atoms with E-state index in [1.807, 2.05) is 0 Å². The van der Waals surface area contributed by atoms with Crippen molar-refractivity contribution < 1.29 is 19.8 Å². The van der Waals surface area contributed by atoms with Gasteiger partial charge in [-0.1, -0.05) is 120 Å². The third-order valence-electron chi connectivity index (χ3n) is 28.0. The molecular formula is C64H105N3O4. The van der Waals surface area contributed by atoms with Crippen LogP contribution in [0.4, 0.5) is 0 Å². The van der Waals surface area contributed by atoms with E-state index in [0.717, 1.165) is 89.9 Å². The molecule has 7 nitrogen and oxygen atoms in total. The number of fused-ring (bicyclic) bond motifs is 14. The Labute approximate surface area is 433 Å². The van der Waals surface area contributed by atoms with Gasteiger partial charge in [0.2, 0.25) is 11.8 Å². The van der Waals surface area contributed by atoms with Gasteiger partial charge < -0.3 is 26.2 Å². The maximum absolute atomic E-state index is 14.9. The number of nitrogens with one attached hydrogen (secondary N) is 3. The van der Waals surface area contributed by atoms with E-state index in [0.29, 0.717) is 73.5 Å². The van der Waals surface area contributed by atoms with E-state index in [1.54, 1.807) is 11.1 Å². The highest BCUT2D eigenvalue weighted by Gasteiger charge is 2.72. The minimum absolute atomic E-state index is 0.0567. The molecule has 0 aromatic carbocycles. The van der Waals surface area contributed by atoms with Gasteiger partial charge in [-0.3, -0.25) is 9.59 Å². The molecule has 0 aromatic rings. The predicted molar refractivity (Wildman–Crippen MR) is 289 cm³/mol. The van der Waals surface area contributed by atoms with E-state index in [-0.39, 0.29) is 90.0 Å². The lowest BCUT2D eigenvalue weighted by Crippen LogP contribution is -2.66. The van der Waals surface area contributed by atoms with Gasteiger partial charge in [0, 0.05) is 26.2 Å². The van der Waals surface area contributed by atoms with Gasteiger partial charge >= 0.3 is 0 Å². The number of aliphatic hydroxyl groups is 2. The standard InChI is InChI=1S/C64H105N3O4/c1-39-19-29-63(33-31-59(11)43(51(63)41(39)3)15-17-47-57(9)25-23-49(68)55(5,6)45(57)21-27-61(47,59)13)53(70)66-37-35-65-36-38-67-54(71)64-30-20-40(2)42(4)52(64)44-16-18-48-58(10)26-24-50(69)56(7,8)46(58)22-28-62(48,14)60(44,12)32-34-64/h15-16,39-42,45-52,65,68-69H,17-38H2,1-14H3,(H,66,70)(H,67,71)/t39-,40-,41+,42+,45+,46+,47-,48-,49+,50+,51+,52+,57+,58+,59-,60-,61-,62-,63+,64+/m1/s1. The molecule has 0 radical (unpaired) electrons. The Morgan fingerprint density at radius 2 is 0.859 bits per heavy atom. The summed E-state index contributed by atoms with van der Waals surface area (Å²) >= 11 is 0. The number of rotatable bonds is 8. The molecular weight excluding hydrogens is 875 g/mol. The molecule has 5 N–H and O–H groups in total. The molecule has 2 amide bonds. The molecule has 0 bridgehead atoms. The van der Waals surface area contributed by atoms with E-state index < -0.39 is 0 Å². The molecule has 20 atom stereocenters. The SMILES string of the molecule is C[C@H]1[C@H](C)CC[C@]2(C(=O)NCCNCCNC(=O)[C@]34CC[C@@H](C)[C@H](C)[C@H]3C3=CC[C@@H]5[C@@]6(C)CC[C@H](O)C(C)(C)[C@@H]6CC[C@@]5(C)[C@]3(C)CC4)CC[C@]3(C)C(=CC[C@@H]4[C@@]5(C)CC[C@H](O)C(C)(C)[C@@H]5CC[C@]43C)[C@H]12. The Kier molecular flexibility index (Phi) is 12.9. The van der Waals surface area contributed by atoms with Gasteiger partial charge in [-0.15, -0.1) is 0 Å². The number of allylic oxidation sites excluding steroid dienone is 4. The monoisotopic (exact) mass is 980 g/mol. The molecule has 7 heteroatoms. The number of carbonyl (C=O) groups is 2. The molecule has 0 aromatic heterocycles. The zero-order valence-electron chi connectivity index (χ0n) is 47.9. The normalized spacial score (nSPS) is 52.5. The van der Waals surface area contributed by atoms with Crippen molar-refractivity contribution in [3.05, 3.63) is 23.3 Å². The second-order valence-corrected chi connectivity index (χ2v) is 30.6. The number of aliphatic hydroxyl groups excluding tert-OH is 2. The predicted octanol–water partition coefficient (Wildman–Crippen LogP) is 12.8. The Bertz CT molecular complexity index is 2020. The molecule has 8 saturated carbocycles. The molecule has 0 aliphatic heterocycles. The maximum Gasteiger partial charge on any atom is 0.226 e. The molecule has 71 heavy (non-hydrogen) atoms. The summed E-state index contributed by atoms with van der Waals surface area (Å²) in [4.78, 5) is 29.8. The fraction of sp³-hybridized carbons (Fsp3) is 0.906. The van der Waals surface area contributed by atoms with E-state index in [9.17, 15) is 19.8 Å². The van der Waals surface area contributed by atoms with Crippen LogP contribution in [-0.2, 0) is 9.59 Å². The van der Waals surface area contributed by atoms with Crippen LogP contribution >= 0.6 is 0 Å². The van der Waals surface area contributed by atoms with E-state index in [1.165, 1.54) is 25.7 Å². The van der Waals surface area contributed by atoms with Crippen LogP contribution in [0.5, 0.6) is 0 Å². The topological polar surface area (TPSA) is 111 Å². The average Bonchev–Trinajstić information content (AvgIpc) is 3.31. The first kappa shape index (κ1) is 52.7. The van der Waals surface area contributed by atoms with Crippen molar-refractivity contribution in [1.82, 2.24) is 16.0 Å². The van der Waals surface area contributed by atoms with Crippen LogP contribution in [0.25, 0.3) is 0 Å². The molecule has 0 spiro atoms. The van der Waals surface area contributed by atoms with Gasteiger partial charge in [-0.25, -0.2) is 0 Å². The molecule has 0 saturated heterocycles. The third-order valence-corrected chi connectivity index (χ3v) is 28.0. The summed E-state index contributed by atoms with van der Waals surface area (Å²) in [5.74, 6) is 5.49. The van der Waals surface area contributed by atoms with Crippen LogP contribution in [0, 0.1) is 113 Å². The molecule has 10 rings (SSSR count). The summed E-state index contributed by atoms with van der Waals surface area (Å²) in [6, 6.07) is 0. The van der Waals surface area contributed by atoms with Crippen molar-refractivity contribution in [2.75, 3.05) is 26.2 Å². The van der Waals surface area contributed by atoms with Crippen LogP contribution in [0.3, 0.4) is 0 Å². The highest BCUT2D eigenvalue weighted by molar-refractivity contribution is 5.85. The largest absolute Gasteiger partial charge is 0.393 e. The van der Waals surface area contributed by atoms with Crippen molar-refractivity contribution in [3.8, 4) is 0 Å². The zero-order valence-corrected chi connectivity index (χ0v) is 47.9.